The summed E-state index contributed by atoms with van der Waals surface area (Å²) >= 11 is 3.28. The largest absolute Gasteiger partial charge is 0.507 e. The number of rotatable bonds is 5. The molecule has 0 aliphatic carbocycles. The first-order valence-corrected chi connectivity index (χ1v) is 6.20. The summed E-state index contributed by atoms with van der Waals surface area (Å²) in [5.74, 6) is -0.165. The van der Waals surface area contributed by atoms with E-state index in [4.69, 9.17) is 0 Å². The molecule has 0 saturated carbocycles. The van der Waals surface area contributed by atoms with Gasteiger partial charge in [0, 0.05) is 18.1 Å². The molecular weight excluding hydrogens is 282 g/mol. The van der Waals surface area contributed by atoms with Crippen molar-refractivity contribution in [1.82, 2.24) is 4.90 Å². The van der Waals surface area contributed by atoms with E-state index in [2.05, 4.69) is 22.5 Å². The van der Waals surface area contributed by atoms with Gasteiger partial charge in [-0.3, -0.25) is 4.79 Å². The van der Waals surface area contributed by atoms with Crippen molar-refractivity contribution in [2.75, 3.05) is 13.6 Å². The molecule has 0 radical (unpaired) electrons. The van der Waals surface area contributed by atoms with E-state index >= 15 is 0 Å². The molecule has 4 heteroatoms. The maximum Gasteiger partial charge on any atom is 0.257 e. The number of allylic oxidation sites excluding steroid dienone is 1. The summed E-state index contributed by atoms with van der Waals surface area (Å²) in [7, 11) is 1.73. The van der Waals surface area contributed by atoms with E-state index in [1.165, 1.54) is 6.07 Å². The molecule has 1 N–H and O–H groups in total. The standard InChI is InChI=1S/C13H16BrNO2/c1-3-4-5-8-15(2)13(17)11-9-10(14)6-7-12(11)16/h3,6-7,9,16H,1,4-5,8H2,2H3. The number of hydrogen-bond donors (Lipinski definition) is 1. The van der Waals surface area contributed by atoms with Crippen LogP contribution in [0.25, 0.3) is 0 Å². The lowest BCUT2D eigenvalue weighted by Crippen LogP contribution is -2.27. The Kier molecular flexibility index (Phi) is 5.22. The summed E-state index contributed by atoms with van der Waals surface area (Å²) in [5.41, 5.74) is 0.320. The van der Waals surface area contributed by atoms with E-state index in [-0.39, 0.29) is 11.7 Å². The van der Waals surface area contributed by atoms with Crippen LogP contribution in [0.2, 0.25) is 0 Å². The quantitative estimate of drug-likeness (QED) is 0.670. The van der Waals surface area contributed by atoms with Crippen LogP contribution in [-0.4, -0.2) is 29.5 Å². The summed E-state index contributed by atoms with van der Waals surface area (Å²) in [6, 6.07) is 4.83. The minimum atomic E-state index is -0.173. The molecule has 1 rings (SSSR count). The second-order valence-corrected chi connectivity index (χ2v) is 4.73. The molecule has 0 unspecified atom stereocenters. The predicted molar refractivity (Wildman–Crippen MR) is 72.2 cm³/mol. The van der Waals surface area contributed by atoms with Crippen LogP contribution in [0.15, 0.2) is 35.3 Å². The first-order valence-electron chi connectivity index (χ1n) is 5.41. The Hall–Kier alpha value is -1.29. The highest BCUT2D eigenvalue weighted by Crippen LogP contribution is 2.23. The number of carbonyl (C=O) groups is 1. The number of hydrogen-bond acceptors (Lipinski definition) is 2. The van der Waals surface area contributed by atoms with Gasteiger partial charge in [0.15, 0.2) is 0 Å². The highest BCUT2D eigenvalue weighted by atomic mass is 79.9. The minimum Gasteiger partial charge on any atom is -0.507 e. The lowest BCUT2D eigenvalue weighted by Gasteiger charge is -2.17. The molecule has 92 valence electrons. The van der Waals surface area contributed by atoms with Gasteiger partial charge in [-0.25, -0.2) is 0 Å². The Bertz CT molecular complexity index is 418. The number of nitrogens with zero attached hydrogens (tertiary/aromatic N) is 1. The normalized spacial score (nSPS) is 10.0. The molecule has 0 atom stereocenters. The van der Waals surface area contributed by atoms with Gasteiger partial charge in [-0.05, 0) is 31.0 Å². The molecule has 0 fully saturated rings. The molecular formula is C13H16BrNO2. The molecule has 1 amide bonds. The first-order chi connectivity index (χ1) is 8.06. The van der Waals surface area contributed by atoms with Gasteiger partial charge in [0.25, 0.3) is 5.91 Å². The third kappa shape index (κ3) is 3.89. The van der Waals surface area contributed by atoms with Crippen LogP contribution in [0.1, 0.15) is 23.2 Å². The Labute approximate surface area is 110 Å². The molecule has 0 aliphatic rings. The molecule has 1 aromatic rings. The average molecular weight is 298 g/mol. The maximum absolute atomic E-state index is 12.0. The molecule has 1 aromatic carbocycles. The van der Waals surface area contributed by atoms with Gasteiger partial charge >= 0.3 is 0 Å². The SMILES string of the molecule is C=CCCCN(C)C(=O)c1cc(Br)ccc1O. The van der Waals surface area contributed by atoms with E-state index in [9.17, 15) is 9.90 Å². The number of unbranched alkanes of at least 4 members (excludes halogenated alkanes) is 1. The van der Waals surface area contributed by atoms with E-state index in [0.29, 0.717) is 12.1 Å². The maximum atomic E-state index is 12.0. The Morgan fingerprint density at radius 1 is 1.59 bits per heavy atom. The van der Waals surface area contributed by atoms with Gasteiger partial charge in [0.1, 0.15) is 5.75 Å². The lowest BCUT2D eigenvalue weighted by molar-refractivity contribution is 0.0791. The number of aromatic hydroxyl groups is 1. The van der Waals surface area contributed by atoms with E-state index in [1.54, 1.807) is 24.1 Å². The van der Waals surface area contributed by atoms with Crippen molar-refractivity contribution in [2.24, 2.45) is 0 Å². The summed E-state index contributed by atoms with van der Waals surface area (Å²) in [6.07, 6.45) is 3.58. The van der Waals surface area contributed by atoms with Crippen molar-refractivity contribution in [1.29, 1.82) is 0 Å². The van der Waals surface area contributed by atoms with Gasteiger partial charge in [-0.1, -0.05) is 22.0 Å². The summed E-state index contributed by atoms with van der Waals surface area (Å²) < 4.78 is 0.776. The van der Waals surface area contributed by atoms with Crippen LogP contribution in [0.4, 0.5) is 0 Å². The average Bonchev–Trinajstić information content (AvgIpc) is 2.31. The zero-order valence-electron chi connectivity index (χ0n) is 9.82. The van der Waals surface area contributed by atoms with Crippen LogP contribution >= 0.6 is 15.9 Å². The van der Waals surface area contributed by atoms with Crippen molar-refractivity contribution in [3.05, 3.63) is 40.9 Å². The van der Waals surface area contributed by atoms with E-state index < -0.39 is 0 Å². The third-order valence-electron chi connectivity index (χ3n) is 2.44. The Morgan fingerprint density at radius 2 is 2.29 bits per heavy atom. The fraction of sp³-hybridized carbons (Fsp3) is 0.308. The minimum absolute atomic E-state index is 0.00812. The van der Waals surface area contributed by atoms with E-state index in [0.717, 1.165) is 17.3 Å². The van der Waals surface area contributed by atoms with E-state index in [1.807, 2.05) is 6.08 Å². The van der Waals surface area contributed by atoms with Gasteiger partial charge in [0.05, 0.1) is 5.56 Å². The van der Waals surface area contributed by atoms with Crippen molar-refractivity contribution in [3.63, 3.8) is 0 Å². The molecule has 17 heavy (non-hydrogen) atoms. The van der Waals surface area contributed by atoms with Crippen molar-refractivity contribution in [3.8, 4) is 5.75 Å². The van der Waals surface area contributed by atoms with Crippen molar-refractivity contribution in [2.45, 2.75) is 12.8 Å². The Balaban J connectivity index is 2.74. The van der Waals surface area contributed by atoms with Crippen LogP contribution in [0.3, 0.4) is 0 Å². The van der Waals surface area contributed by atoms with Crippen molar-refractivity contribution < 1.29 is 9.90 Å². The summed E-state index contributed by atoms with van der Waals surface area (Å²) in [4.78, 5) is 13.6. The highest BCUT2D eigenvalue weighted by Gasteiger charge is 2.15. The summed E-state index contributed by atoms with van der Waals surface area (Å²) in [5, 5.41) is 9.64. The smallest absolute Gasteiger partial charge is 0.257 e. The zero-order chi connectivity index (χ0) is 12.8. The van der Waals surface area contributed by atoms with Crippen molar-refractivity contribution >= 4 is 21.8 Å². The van der Waals surface area contributed by atoms with Gasteiger partial charge in [0.2, 0.25) is 0 Å². The number of halogens is 1. The molecule has 0 heterocycles. The number of phenolic OH excluding ortho intramolecular Hbond substituents is 1. The predicted octanol–water partition coefficient (Wildman–Crippen LogP) is 3.19. The lowest BCUT2D eigenvalue weighted by atomic mass is 10.1. The fourth-order valence-corrected chi connectivity index (χ4v) is 1.82. The topological polar surface area (TPSA) is 40.5 Å². The zero-order valence-corrected chi connectivity index (χ0v) is 11.4. The highest BCUT2D eigenvalue weighted by molar-refractivity contribution is 9.10. The number of benzene rings is 1. The second kappa shape index (κ2) is 6.45. The van der Waals surface area contributed by atoms with Gasteiger partial charge < -0.3 is 10.0 Å². The molecule has 3 nitrogen and oxygen atoms in total. The third-order valence-corrected chi connectivity index (χ3v) is 2.93. The monoisotopic (exact) mass is 297 g/mol. The second-order valence-electron chi connectivity index (χ2n) is 3.82. The first kappa shape index (κ1) is 13.8. The molecule has 0 saturated heterocycles. The molecule has 0 aromatic heterocycles. The molecule has 0 aliphatic heterocycles. The van der Waals surface area contributed by atoms with Gasteiger partial charge in [-0.2, -0.15) is 0 Å². The fourth-order valence-electron chi connectivity index (χ4n) is 1.46. The number of carbonyl (C=O) groups excluding carboxylic acids is 1. The molecule has 0 bridgehead atoms. The van der Waals surface area contributed by atoms with Crippen LogP contribution in [0, 0.1) is 0 Å². The van der Waals surface area contributed by atoms with Crippen LogP contribution in [-0.2, 0) is 0 Å². The number of phenols is 1. The van der Waals surface area contributed by atoms with Gasteiger partial charge in [-0.15, -0.1) is 6.58 Å². The summed E-state index contributed by atoms with van der Waals surface area (Å²) in [6.45, 7) is 4.29. The number of amides is 1. The van der Waals surface area contributed by atoms with Crippen LogP contribution in [0.5, 0.6) is 5.75 Å². The van der Waals surface area contributed by atoms with Crippen LogP contribution < -0.4 is 0 Å². The molecule has 0 spiro atoms. The Morgan fingerprint density at radius 3 is 2.94 bits per heavy atom.